The summed E-state index contributed by atoms with van der Waals surface area (Å²) in [5.74, 6) is 0.961. The van der Waals surface area contributed by atoms with Gasteiger partial charge >= 0.3 is 0 Å². The molecule has 11 heavy (non-hydrogen) atoms. The van der Waals surface area contributed by atoms with Gasteiger partial charge in [0.2, 0.25) is 0 Å². The van der Waals surface area contributed by atoms with Crippen molar-refractivity contribution in [3.63, 3.8) is 0 Å². The van der Waals surface area contributed by atoms with Crippen LogP contribution in [0.2, 0.25) is 0 Å². The van der Waals surface area contributed by atoms with Crippen molar-refractivity contribution in [2.24, 2.45) is 11.7 Å². The van der Waals surface area contributed by atoms with Gasteiger partial charge in [0, 0.05) is 12.6 Å². The lowest BCUT2D eigenvalue weighted by Crippen LogP contribution is -2.23. The van der Waals surface area contributed by atoms with E-state index < -0.39 is 0 Å². The second-order valence-electron chi connectivity index (χ2n) is 3.64. The quantitative estimate of drug-likeness (QED) is 0.614. The van der Waals surface area contributed by atoms with Crippen molar-refractivity contribution >= 4 is 0 Å². The summed E-state index contributed by atoms with van der Waals surface area (Å²) in [7, 11) is 0. The molecule has 0 aromatic carbocycles. The van der Waals surface area contributed by atoms with E-state index in [2.05, 4.69) is 0 Å². The molecule has 0 unspecified atom stereocenters. The predicted molar refractivity (Wildman–Crippen MR) is 46.4 cm³/mol. The van der Waals surface area contributed by atoms with Crippen LogP contribution in [0.4, 0.5) is 0 Å². The van der Waals surface area contributed by atoms with E-state index in [1.807, 2.05) is 6.92 Å². The lowest BCUT2D eigenvalue weighted by Gasteiger charge is -2.25. The van der Waals surface area contributed by atoms with Crippen molar-refractivity contribution in [3.05, 3.63) is 0 Å². The van der Waals surface area contributed by atoms with E-state index in [0.29, 0.717) is 6.61 Å². The van der Waals surface area contributed by atoms with Crippen molar-refractivity contribution in [2.75, 3.05) is 13.2 Å². The SMILES string of the molecule is C[C@@H](N)COCCC1CCC1. The van der Waals surface area contributed by atoms with Crippen LogP contribution >= 0.6 is 0 Å². The third kappa shape index (κ3) is 3.73. The van der Waals surface area contributed by atoms with Crippen LogP contribution in [-0.4, -0.2) is 19.3 Å². The van der Waals surface area contributed by atoms with Gasteiger partial charge in [0.05, 0.1) is 6.61 Å². The first-order chi connectivity index (χ1) is 5.29. The van der Waals surface area contributed by atoms with E-state index in [1.54, 1.807) is 0 Å². The van der Waals surface area contributed by atoms with Gasteiger partial charge in [-0.2, -0.15) is 0 Å². The molecule has 0 aliphatic heterocycles. The Morgan fingerprint density at radius 2 is 2.27 bits per heavy atom. The lowest BCUT2D eigenvalue weighted by molar-refractivity contribution is 0.0990. The maximum Gasteiger partial charge on any atom is 0.0614 e. The number of rotatable bonds is 5. The van der Waals surface area contributed by atoms with Crippen molar-refractivity contribution < 1.29 is 4.74 Å². The fourth-order valence-corrected chi connectivity index (χ4v) is 1.30. The van der Waals surface area contributed by atoms with Gasteiger partial charge < -0.3 is 10.5 Å². The highest BCUT2D eigenvalue weighted by molar-refractivity contribution is 4.68. The van der Waals surface area contributed by atoms with Gasteiger partial charge in [0.15, 0.2) is 0 Å². The molecule has 2 nitrogen and oxygen atoms in total. The van der Waals surface area contributed by atoms with Crippen LogP contribution in [0, 0.1) is 5.92 Å². The van der Waals surface area contributed by atoms with E-state index >= 15 is 0 Å². The summed E-state index contributed by atoms with van der Waals surface area (Å²) in [6, 6.07) is 0.191. The molecule has 0 radical (unpaired) electrons. The molecule has 0 bridgehead atoms. The minimum Gasteiger partial charge on any atom is -0.380 e. The molecule has 0 saturated heterocycles. The second kappa shape index (κ2) is 4.73. The Morgan fingerprint density at radius 1 is 1.55 bits per heavy atom. The standard InChI is InChI=1S/C9H19NO/c1-8(10)7-11-6-5-9-3-2-4-9/h8-9H,2-7,10H2,1H3/t8-/m1/s1. The smallest absolute Gasteiger partial charge is 0.0614 e. The molecule has 1 fully saturated rings. The monoisotopic (exact) mass is 157 g/mol. The highest BCUT2D eigenvalue weighted by Gasteiger charge is 2.16. The van der Waals surface area contributed by atoms with E-state index in [0.717, 1.165) is 12.5 Å². The Kier molecular flexibility index (Phi) is 3.87. The van der Waals surface area contributed by atoms with E-state index in [9.17, 15) is 0 Å². The van der Waals surface area contributed by atoms with Gasteiger partial charge in [-0.15, -0.1) is 0 Å². The number of hydrogen-bond acceptors (Lipinski definition) is 2. The third-order valence-corrected chi connectivity index (χ3v) is 2.28. The van der Waals surface area contributed by atoms with Crippen LogP contribution in [0.3, 0.4) is 0 Å². The highest BCUT2D eigenvalue weighted by atomic mass is 16.5. The molecule has 0 amide bonds. The Labute approximate surface area is 69.1 Å². The minimum absolute atomic E-state index is 0.191. The Balaban J connectivity index is 1.80. The molecule has 1 aliphatic carbocycles. The number of ether oxygens (including phenoxy) is 1. The fraction of sp³-hybridized carbons (Fsp3) is 1.00. The first kappa shape index (κ1) is 9.01. The van der Waals surface area contributed by atoms with Crippen molar-refractivity contribution in [3.8, 4) is 0 Å². The normalized spacial score (nSPS) is 21.3. The molecule has 1 saturated carbocycles. The number of hydrogen-bond donors (Lipinski definition) is 1. The summed E-state index contributed by atoms with van der Waals surface area (Å²) in [5.41, 5.74) is 5.53. The Hall–Kier alpha value is -0.0800. The van der Waals surface area contributed by atoms with Crippen molar-refractivity contribution in [1.82, 2.24) is 0 Å². The molecule has 66 valence electrons. The molecule has 2 N–H and O–H groups in total. The molecular weight excluding hydrogens is 138 g/mol. The van der Waals surface area contributed by atoms with Crippen LogP contribution in [-0.2, 0) is 4.74 Å². The zero-order valence-electron chi connectivity index (χ0n) is 7.38. The summed E-state index contributed by atoms with van der Waals surface area (Å²) in [5, 5.41) is 0. The van der Waals surface area contributed by atoms with Gasteiger partial charge in [0.1, 0.15) is 0 Å². The minimum atomic E-state index is 0.191. The van der Waals surface area contributed by atoms with Crippen LogP contribution in [0.1, 0.15) is 32.6 Å². The summed E-state index contributed by atoms with van der Waals surface area (Å²) in [4.78, 5) is 0. The largest absolute Gasteiger partial charge is 0.380 e. The zero-order chi connectivity index (χ0) is 8.10. The molecule has 2 heteroatoms. The average molecular weight is 157 g/mol. The van der Waals surface area contributed by atoms with Crippen molar-refractivity contribution in [1.29, 1.82) is 0 Å². The highest BCUT2D eigenvalue weighted by Crippen LogP contribution is 2.28. The van der Waals surface area contributed by atoms with Gasteiger partial charge in [-0.25, -0.2) is 0 Å². The first-order valence-electron chi connectivity index (χ1n) is 4.62. The number of nitrogens with two attached hydrogens (primary N) is 1. The van der Waals surface area contributed by atoms with Crippen molar-refractivity contribution in [2.45, 2.75) is 38.6 Å². The fourth-order valence-electron chi connectivity index (χ4n) is 1.30. The predicted octanol–water partition coefficient (Wildman–Crippen LogP) is 1.54. The zero-order valence-corrected chi connectivity index (χ0v) is 7.38. The summed E-state index contributed by atoms with van der Waals surface area (Å²) in [6.45, 7) is 3.60. The molecule has 0 spiro atoms. The van der Waals surface area contributed by atoms with Crippen LogP contribution < -0.4 is 5.73 Å². The van der Waals surface area contributed by atoms with Gasteiger partial charge in [0.25, 0.3) is 0 Å². The molecular formula is C9H19NO. The summed E-state index contributed by atoms with van der Waals surface area (Å²) < 4.78 is 5.38. The average Bonchev–Trinajstić information content (AvgIpc) is 1.82. The Bertz CT molecular complexity index is 99.7. The Morgan fingerprint density at radius 3 is 2.73 bits per heavy atom. The topological polar surface area (TPSA) is 35.2 Å². The first-order valence-corrected chi connectivity index (χ1v) is 4.62. The molecule has 1 rings (SSSR count). The van der Waals surface area contributed by atoms with Gasteiger partial charge in [-0.1, -0.05) is 19.3 Å². The maximum absolute atomic E-state index is 5.53. The van der Waals surface area contributed by atoms with E-state index in [-0.39, 0.29) is 6.04 Å². The molecule has 0 aromatic rings. The van der Waals surface area contributed by atoms with Gasteiger partial charge in [-0.3, -0.25) is 0 Å². The second-order valence-corrected chi connectivity index (χ2v) is 3.64. The van der Waals surface area contributed by atoms with Crippen LogP contribution in [0.25, 0.3) is 0 Å². The van der Waals surface area contributed by atoms with Crippen LogP contribution in [0.15, 0.2) is 0 Å². The van der Waals surface area contributed by atoms with E-state index in [1.165, 1.54) is 25.7 Å². The molecule has 1 aliphatic rings. The molecule has 0 heterocycles. The summed E-state index contributed by atoms with van der Waals surface area (Å²) in [6.07, 6.45) is 5.51. The summed E-state index contributed by atoms with van der Waals surface area (Å²) >= 11 is 0. The molecule has 0 aromatic heterocycles. The third-order valence-electron chi connectivity index (χ3n) is 2.28. The lowest BCUT2D eigenvalue weighted by atomic mass is 9.83. The maximum atomic E-state index is 5.53. The van der Waals surface area contributed by atoms with Crippen LogP contribution in [0.5, 0.6) is 0 Å². The van der Waals surface area contributed by atoms with E-state index in [4.69, 9.17) is 10.5 Å². The van der Waals surface area contributed by atoms with Gasteiger partial charge in [-0.05, 0) is 19.3 Å². The molecule has 1 atom stereocenters.